The number of rotatable bonds is 6. The van der Waals surface area contributed by atoms with E-state index >= 15 is 0 Å². The molecule has 42 heavy (non-hydrogen) atoms. The number of nitrogens with zero attached hydrogens (tertiary/aromatic N) is 2. The Balaban J connectivity index is 2.24. The SMILES string of the molecule is CCOC(=O)N1c2ccc(C(F)(F)F)cc2C(N(Cc2cc(C(F)(F)F)cc(C(F)(F)F)c2)C(=O)OC)CC1COC. The number of carbonyl (C=O) groups is 2. The van der Waals surface area contributed by atoms with Crippen molar-refractivity contribution < 1.29 is 63.3 Å². The molecule has 2 aromatic rings. The van der Waals surface area contributed by atoms with Crippen LogP contribution in [0.5, 0.6) is 0 Å². The number of benzene rings is 2. The molecule has 1 heterocycles. The van der Waals surface area contributed by atoms with Crippen LogP contribution < -0.4 is 4.90 Å². The molecule has 0 N–H and O–H groups in total. The number of amides is 2. The maximum atomic E-state index is 13.7. The molecule has 3 rings (SSSR count). The van der Waals surface area contributed by atoms with Crippen molar-refractivity contribution in [2.45, 2.75) is 50.5 Å². The minimum absolute atomic E-state index is 0.0939. The zero-order valence-corrected chi connectivity index (χ0v) is 22.3. The molecule has 0 spiro atoms. The van der Waals surface area contributed by atoms with Crippen LogP contribution in [0, 0.1) is 0 Å². The Labute approximate surface area is 233 Å². The molecule has 0 bridgehead atoms. The second-order valence-corrected chi connectivity index (χ2v) is 9.21. The Morgan fingerprint density at radius 2 is 1.45 bits per heavy atom. The lowest BCUT2D eigenvalue weighted by Crippen LogP contribution is -2.50. The summed E-state index contributed by atoms with van der Waals surface area (Å²) in [6.45, 7) is 0.262. The summed E-state index contributed by atoms with van der Waals surface area (Å²) >= 11 is 0. The molecule has 0 saturated heterocycles. The number of halogens is 9. The van der Waals surface area contributed by atoms with Crippen molar-refractivity contribution in [1.29, 1.82) is 0 Å². The quantitative estimate of drug-likeness (QED) is 0.316. The van der Waals surface area contributed by atoms with Gasteiger partial charge in [-0.15, -0.1) is 0 Å². The van der Waals surface area contributed by atoms with Crippen LogP contribution in [0.4, 0.5) is 54.8 Å². The first-order valence-corrected chi connectivity index (χ1v) is 12.2. The summed E-state index contributed by atoms with van der Waals surface area (Å²) in [7, 11) is 2.15. The van der Waals surface area contributed by atoms with Crippen LogP contribution in [-0.4, -0.2) is 50.6 Å². The third kappa shape index (κ3) is 7.20. The lowest BCUT2D eigenvalue weighted by atomic mass is 9.88. The fourth-order valence-corrected chi connectivity index (χ4v) is 4.70. The second-order valence-electron chi connectivity index (χ2n) is 9.21. The fourth-order valence-electron chi connectivity index (χ4n) is 4.70. The molecular weight excluding hydrogens is 591 g/mol. The molecule has 2 unspecified atom stereocenters. The molecule has 1 aliphatic heterocycles. The maximum absolute atomic E-state index is 13.7. The predicted molar refractivity (Wildman–Crippen MR) is 128 cm³/mol. The highest BCUT2D eigenvalue weighted by atomic mass is 19.4. The molecule has 0 saturated carbocycles. The number of alkyl halides is 9. The third-order valence-electron chi connectivity index (χ3n) is 6.44. The van der Waals surface area contributed by atoms with Crippen molar-refractivity contribution in [3.8, 4) is 0 Å². The summed E-state index contributed by atoms with van der Waals surface area (Å²) in [6.07, 6.45) is -17.8. The molecule has 0 aromatic heterocycles. The van der Waals surface area contributed by atoms with Gasteiger partial charge in [0.05, 0.1) is 54.8 Å². The van der Waals surface area contributed by atoms with Crippen molar-refractivity contribution in [3.63, 3.8) is 0 Å². The zero-order valence-electron chi connectivity index (χ0n) is 22.3. The van der Waals surface area contributed by atoms with Gasteiger partial charge in [-0.25, -0.2) is 9.59 Å². The molecule has 0 aliphatic carbocycles. The van der Waals surface area contributed by atoms with Crippen LogP contribution in [0.1, 0.15) is 47.2 Å². The van der Waals surface area contributed by atoms with Gasteiger partial charge in [-0.1, -0.05) is 0 Å². The van der Waals surface area contributed by atoms with Gasteiger partial charge in [-0.3, -0.25) is 9.80 Å². The molecule has 232 valence electrons. The maximum Gasteiger partial charge on any atom is 0.416 e. The Kier molecular flexibility index (Phi) is 9.59. The van der Waals surface area contributed by atoms with Gasteiger partial charge >= 0.3 is 30.7 Å². The Morgan fingerprint density at radius 1 is 0.881 bits per heavy atom. The number of ether oxygens (including phenoxy) is 3. The Morgan fingerprint density at radius 3 is 1.93 bits per heavy atom. The summed E-state index contributed by atoms with van der Waals surface area (Å²) in [4.78, 5) is 27.5. The van der Waals surface area contributed by atoms with E-state index in [0.717, 1.165) is 18.1 Å². The van der Waals surface area contributed by atoms with Crippen molar-refractivity contribution >= 4 is 17.9 Å². The normalized spacial score (nSPS) is 17.5. The van der Waals surface area contributed by atoms with Crippen molar-refractivity contribution in [1.82, 2.24) is 4.90 Å². The highest BCUT2D eigenvalue weighted by molar-refractivity contribution is 5.90. The molecule has 2 aromatic carbocycles. The van der Waals surface area contributed by atoms with Gasteiger partial charge in [-0.2, -0.15) is 39.5 Å². The van der Waals surface area contributed by atoms with Gasteiger partial charge in [0.25, 0.3) is 0 Å². The van der Waals surface area contributed by atoms with Crippen molar-refractivity contribution in [3.05, 3.63) is 64.2 Å². The lowest BCUT2D eigenvalue weighted by Gasteiger charge is -2.43. The topological polar surface area (TPSA) is 68.3 Å². The van der Waals surface area contributed by atoms with Gasteiger partial charge in [0.15, 0.2) is 0 Å². The first kappa shape index (κ1) is 32.8. The van der Waals surface area contributed by atoms with E-state index < -0.39 is 71.6 Å². The van der Waals surface area contributed by atoms with Crippen LogP contribution in [0.3, 0.4) is 0 Å². The predicted octanol–water partition coefficient (Wildman–Crippen LogP) is 7.43. The third-order valence-corrected chi connectivity index (χ3v) is 6.44. The van der Waals surface area contributed by atoms with E-state index in [9.17, 15) is 49.1 Å². The fraction of sp³-hybridized carbons (Fsp3) is 0.462. The number of carbonyl (C=O) groups excluding carboxylic acids is 2. The number of hydrogen-bond donors (Lipinski definition) is 0. The van der Waals surface area contributed by atoms with Gasteiger partial charge < -0.3 is 14.2 Å². The van der Waals surface area contributed by atoms with Gasteiger partial charge in [0.1, 0.15) is 0 Å². The number of fused-ring (bicyclic) bond motifs is 1. The molecular formula is C26H25F9N2O5. The minimum Gasteiger partial charge on any atom is -0.453 e. The van der Waals surface area contributed by atoms with E-state index in [1.54, 1.807) is 0 Å². The molecule has 2 amide bonds. The van der Waals surface area contributed by atoms with Crippen LogP contribution in [0.25, 0.3) is 0 Å². The van der Waals surface area contributed by atoms with Gasteiger partial charge in [0.2, 0.25) is 0 Å². The van der Waals surface area contributed by atoms with Gasteiger partial charge in [0, 0.05) is 13.7 Å². The Hall–Kier alpha value is -3.69. The van der Waals surface area contributed by atoms with Gasteiger partial charge in [-0.05, 0) is 60.9 Å². The summed E-state index contributed by atoms with van der Waals surface area (Å²) in [6, 6.07) is 0.624. The second kappa shape index (κ2) is 12.3. The number of methoxy groups -OCH3 is 2. The highest BCUT2D eigenvalue weighted by Gasteiger charge is 2.43. The average Bonchev–Trinajstić information content (AvgIpc) is 2.89. The molecule has 1 aliphatic rings. The molecule has 16 heteroatoms. The summed E-state index contributed by atoms with van der Waals surface area (Å²) in [5.41, 5.74) is -5.49. The lowest BCUT2D eigenvalue weighted by molar-refractivity contribution is -0.143. The van der Waals surface area contributed by atoms with Crippen molar-refractivity contribution in [2.75, 3.05) is 32.3 Å². The standard InChI is InChI=1S/C26H25F9N2O5/c1-4-42-23(39)37-18(13-40-2)11-21(19-10-15(24(27,28)29)5-6-20(19)37)36(22(38)41-3)12-14-7-16(25(30,31)32)9-17(8-14)26(33,34)35/h5-10,18,21H,4,11-13H2,1-3H3. The summed E-state index contributed by atoms with van der Waals surface area (Å²) in [5.74, 6) is 0. The smallest absolute Gasteiger partial charge is 0.416 e. The van der Waals surface area contributed by atoms with Crippen LogP contribution in [-0.2, 0) is 39.3 Å². The largest absolute Gasteiger partial charge is 0.453 e. The highest BCUT2D eigenvalue weighted by Crippen LogP contribution is 2.45. The van der Waals surface area contributed by atoms with E-state index in [0.29, 0.717) is 29.2 Å². The van der Waals surface area contributed by atoms with E-state index in [-0.39, 0.29) is 37.0 Å². The monoisotopic (exact) mass is 616 g/mol. The minimum atomic E-state index is -5.19. The van der Waals surface area contributed by atoms with Crippen LogP contribution in [0.2, 0.25) is 0 Å². The van der Waals surface area contributed by atoms with E-state index in [4.69, 9.17) is 14.2 Å². The molecule has 7 nitrogen and oxygen atoms in total. The number of hydrogen-bond acceptors (Lipinski definition) is 5. The summed E-state index contributed by atoms with van der Waals surface area (Å²) < 4.78 is 137. The average molecular weight is 616 g/mol. The summed E-state index contributed by atoms with van der Waals surface area (Å²) in [5, 5.41) is 0. The molecule has 0 radical (unpaired) electrons. The van der Waals surface area contributed by atoms with Crippen LogP contribution in [0.15, 0.2) is 36.4 Å². The number of anilines is 1. The van der Waals surface area contributed by atoms with Crippen molar-refractivity contribution in [2.24, 2.45) is 0 Å². The van der Waals surface area contributed by atoms with E-state index in [1.807, 2.05) is 0 Å². The van der Waals surface area contributed by atoms with E-state index in [1.165, 1.54) is 14.0 Å². The molecule has 0 fully saturated rings. The van der Waals surface area contributed by atoms with Crippen LogP contribution >= 0.6 is 0 Å². The Bertz CT molecular complexity index is 1260. The first-order chi connectivity index (χ1) is 19.4. The first-order valence-electron chi connectivity index (χ1n) is 12.2. The van der Waals surface area contributed by atoms with E-state index in [2.05, 4.69) is 0 Å². The zero-order chi connectivity index (χ0) is 31.6. The molecule has 2 atom stereocenters.